The van der Waals surface area contributed by atoms with Crippen LogP contribution in [0, 0.1) is 0 Å². The maximum Gasteiger partial charge on any atom is 0.325 e. The lowest BCUT2D eigenvalue weighted by Crippen LogP contribution is -2.45. The Morgan fingerprint density at radius 3 is 2.52 bits per heavy atom. The standard InChI is InChI=1S/C17H21N3O3/c1-3-19(13-9-10-13)14(21)11-20-15(22)17(2,18-16(20)23)12-7-5-4-6-8-12/h4-8,13H,3,9-11H2,1-2H3,(H,18,23). The van der Waals surface area contributed by atoms with E-state index >= 15 is 0 Å². The van der Waals surface area contributed by atoms with Crippen molar-refractivity contribution in [3.63, 3.8) is 0 Å². The van der Waals surface area contributed by atoms with Crippen LogP contribution >= 0.6 is 0 Å². The Labute approximate surface area is 135 Å². The number of nitrogens with zero attached hydrogens (tertiary/aromatic N) is 2. The first-order valence-electron chi connectivity index (χ1n) is 7.96. The van der Waals surface area contributed by atoms with Gasteiger partial charge in [-0.3, -0.25) is 14.5 Å². The summed E-state index contributed by atoms with van der Waals surface area (Å²) in [6.07, 6.45) is 2.00. The first-order valence-corrected chi connectivity index (χ1v) is 7.96. The number of likely N-dealkylation sites (N-methyl/N-ethyl adjacent to an activating group) is 1. The van der Waals surface area contributed by atoms with Gasteiger partial charge in [-0.2, -0.15) is 0 Å². The van der Waals surface area contributed by atoms with Crippen molar-refractivity contribution in [2.24, 2.45) is 0 Å². The zero-order chi connectivity index (χ0) is 16.6. The van der Waals surface area contributed by atoms with E-state index < -0.39 is 11.6 Å². The first-order chi connectivity index (χ1) is 11.0. The summed E-state index contributed by atoms with van der Waals surface area (Å²) in [4.78, 5) is 40.1. The second-order valence-electron chi connectivity index (χ2n) is 6.22. The highest BCUT2D eigenvalue weighted by molar-refractivity contribution is 6.09. The van der Waals surface area contributed by atoms with Gasteiger partial charge in [0.15, 0.2) is 0 Å². The third-order valence-electron chi connectivity index (χ3n) is 4.57. The molecule has 1 aromatic carbocycles. The van der Waals surface area contributed by atoms with E-state index in [1.807, 2.05) is 25.1 Å². The summed E-state index contributed by atoms with van der Waals surface area (Å²) in [5.74, 6) is -0.551. The maximum atomic E-state index is 12.7. The number of benzene rings is 1. The van der Waals surface area contributed by atoms with E-state index in [9.17, 15) is 14.4 Å². The number of amides is 4. The molecular weight excluding hydrogens is 294 g/mol. The van der Waals surface area contributed by atoms with Crippen LogP contribution in [0.2, 0.25) is 0 Å². The van der Waals surface area contributed by atoms with Gasteiger partial charge in [-0.05, 0) is 32.3 Å². The Kier molecular flexibility index (Phi) is 3.83. The van der Waals surface area contributed by atoms with Crippen LogP contribution in [0.4, 0.5) is 4.79 Å². The monoisotopic (exact) mass is 315 g/mol. The molecule has 0 spiro atoms. The van der Waals surface area contributed by atoms with E-state index in [1.165, 1.54) is 0 Å². The number of imide groups is 1. The van der Waals surface area contributed by atoms with Gasteiger partial charge in [-0.25, -0.2) is 4.79 Å². The summed E-state index contributed by atoms with van der Waals surface area (Å²) in [7, 11) is 0. The van der Waals surface area contributed by atoms with E-state index in [4.69, 9.17) is 0 Å². The molecule has 1 saturated carbocycles. The van der Waals surface area contributed by atoms with Crippen LogP contribution in [-0.2, 0) is 15.1 Å². The number of hydrogen-bond acceptors (Lipinski definition) is 3. The van der Waals surface area contributed by atoms with Gasteiger partial charge in [0.1, 0.15) is 12.1 Å². The molecule has 3 rings (SSSR count). The van der Waals surface area contributed by atoms with Gasteiger partial charge in [0.25, 0.3) is 5.91 Å². The topological polar surface area (TPSA) is 69.7 Å². The maximum absolute atomic E-state index is 12.7. The molecule has 0 aromatic heterocycles. The van der Waals surface area contributed by atoms with Crippen LogP contribution < -0.4 is 5.32 Å². The van der Waals surface area contributed by atoms with Gasteiger partial charge in [0, 0.05) is 12.6 Å². The van der Waals surface area contributed by atoms with E-state index in [0.717, 1.165) is 17.7 Å². The Hall–Kier alpha value is -2.37. The molecule has 1 saturated heterocycles. The number of carbonyl (C=O) groups is 3. The lowest BCUT2D eigenvalue weighted by atomic mass is 9.92. The van der Waals surface area contributed by atoms with Crippen LogP contribution in [0.5, 0.6) is 0 Å². The molecule has 0 bridgehead atoms. The van der Waals surface area contributed by atoms with Gasteiger partial charge in [0.05, 0.1) is 0 Å². The zero-order valence-corrected chi connectivity index (χ0v) is 13.4. The van der Waals surface area contributed by atoms with Gasteiger partial charge < -0.3 is 10.2 Å². The molecule has 1 N–H and O–H groups in total. The molecule has 1 heterocycles. The fourth-order valence-corrected chi connectivity index (χ4v) is 3.06. The van der Waals surface area contributed by atoms with Gasteiger partial charge >= 0.3 is 6.03 Å². The molecule has 2 fully saturated rings. The van der Waals surface area contributed by atoms with E-state index in [2.05, 4.69) is 5.32 Å². The highest BCUT2D eigenvalue weighted by Crippen LogP contribution is 2.30. The number of carbonyl (C=O) groups excluding carboxylic acids is 3. The average Bonchev–Trinajstić information content (AvgIpc) is 3.34. The Balaban J connectivity index is 1.78. The number of hydrogen-bond donors (Lipinski definition) is 1. The zero-order valence-electron chi connectivity index (χ0n) is 13.4. The molecule has 122 valence electrons. The number of urea groups is 1. The summed E-state index contributed by atoms with van der Waals surface area (Å²) >= 11 is 0. The Bertz CT molecular complexity index is 642. The highest BCUT2D eigenvalue weighted by atomic mass is 16.2. The van der Waals surface area contributed by atoms with Crippen molar-refractivity contribution in [3.05, 3.63) is 35.9 Å². The summed E-state index contributed by atoms with van der Waals surface area (Å²) in [6, 6.07) is 8.84. The van der Waals surface area contributed by atoms with Crippen molar-refractivity contribution in [3.8, 4) is 0 Å². The highest BCUT2D eigenvalue weighted by Gasteiger charge is 2.50. The Morgan fingerprint density at radius 2 is 1.96 bits per heavy atom. The largest absolute Gasteiger partial charge is 0.338 e. The van der Waals surface area contributed by atoms with Crippen molar-refractivity contribution in [1.29, 1.82) is 0 Å². The molecule has 6 heteroatoms. The second-order valence-corrected chi connectivity index (χ2v) is 6.22. The van der Waals surface area contributed by atoms with Crippen LogP contribution in [0.15, 0.2) is 30.3 Å². The molecule has 1 aliphatic carbocycles. The predicted molar refractivity (Wildman–Crippen MR) is 84.4 cm³/mol. The molecule has 0 radical (unpaired) electrons. The van der Waals surface area contributed by atoms with Gasteiger partial charge in [-0.1, -0.05) is 30.3 Å². The Morgan fingerprint density at radius 1 is 1.30 bits per heavy atom. The first kappa shape index (κ1) is 15.5. The number of rotatable bonds is 5. The minimum absolute atomic E-state index is 0.171. The minimum Gasteiger partial charge on any atom is -0.338 e. The van der Waals surface area contributed by atoms with Crippen molar-refractivity contribution in [2.45, 2.75) is 38.3 Å². The SMILES string of the molecule is CCN(C(=O)CN1C(=O)NC(C)(c2ccccc2)C1=O)C1CC1. The minimum atomic E-state index is -1.12. The average molecular weight is 315 g/mol. The third kappa shape index (κ3) is 2.69. The molecule has 4 amide bonds. The molecule has 23 heavy (non-hydrogen) atoms. The van der Waals surface area contributed by atoms with E-state index in [1.54, 1.807) is 24.0 Å². The van der Waals surface area contributed by atoms with Crippen LogP contribution in [0.25, 0.3) is 0 Å². The molecule has 1 aliphatic heterocycles. The van der Waals surface area contributed by atoms with Crippen LogP contribution in [0.1, 0.15) is 32.3 Å². The van der Waals surface area contributed by atoms with Crippen molar-refractivity contribution < 1.29 is 14.4 Å². The molecule has 1 aromatic rings. The fraction of sp³-hybridized carbons (Fsp3) is 0.471. The number of nitrogens with one attached hydrogen (secondary N) is 1. The molecule has 1 atom stereocenters. The summed E-state index contributed by atoms with van der Waals surface area (Å²) < 4.78 is 0. The second kappa shape index (κ2) is 5.68. The molecule has 1 unspecified atom stereocenters. The van der Waals surface area contributed by atoms with E-state index in [0.29, 0.717) is 12.1 Å². The predicted octanol–water partition coefficient (Wildman–Crippen LogP) is 1.46. The lowest BCUT2D eigenvalue weighted by Gasteiger charge is -2.24. The van der Waals surface area contributed by atoms with Crippen LogP contribution in [-0.4, -0.2) is 46.8 Å². The van der Waals surface area contributed by atoms with Crippen LogP contribution in [0.3, 0.4) is 0 Å². The lowest BCUT2D eigenvalue weighted by molar-refractivity contribution is -0.139. The smallest absolute Gasteiger partial charge is 0.325 e. The third-order valence-corrected chi connectivity index (χ3v) is 4.57. The fourth-order valence-electron chi connectivity index (χ4n) is 3.06. The summed E-state index contributed by atoms with van der Waals surface area (Å²) in [5.41, 5.74) is -0.405. The molecule has 2 aliphatic rings. The van der Waals surface area contributed by atoms with Gasteiger partial charge in [0.2, 0.25) is 5.91 Å². The van der Waals surface area contributed by atoms with Crippen molar-refractivity contribution >= 4 is 17.8 Å². The van der Waals surface area contributed by atoms with Crippen molar-refractivity contribution in [2.75, 3.05) is 13.1 Å². The van der Waals surface area contributed by atoms with Gasteiger partial charge in [-0.15, -0.1) is 0 Å². The quantitative estimate of drug-likeness (QED) is 0.837. The van der Waals surface area contributed by atoms with E-state index in [-0.39, 0.29) is 24.4 Å². The van der Waals surface area contributed by atoms with Crippen molar-refractivity contribution in [1.82, 2.24) is 15.1 Å². The summed E-state index contributed by atoms with van der Waals surface area (Å²) in [6.45, 7) is 3.99. The molecular formula is C17H21N3O3. The normalized spacial score (nSPS) is 23.8. The molecule has 6 nitrogen and oxygen atoms in total. The summed E-state index contributed by atoms with van der Waals surface area (Å²) in [5, 5.41) is 2.72.